The molecule has 6 rings (SSSR count). The van der Waals surface area contributed by atoms with Gasteiger partial charge in [0, 0.05) is 41.7 Å². The fourth-order valence-electron chi connectivity index (χ4n) is 4.66. The van der Waals surface area contributed by atoms with Gasteiger partial charge in [-0.05, 0) is 49.9 Å². The van der Waals surface area contributed by atoms with Crippen molar-refractivity contribution < 1.29 is 19.2 Å². The highest BCUT2D eigenvalue weighted by atomic mass is 35.5. The van der Waals surface area contributed by atoms with Crippen molar-refractivity contribution in [3.63, 3.8) is 0 Å². The number of aromatic carboxylic acids is 1. The number of benzene rings is 1. The van der Waals surface area contributed by atoms with E-state index in [1.54, 1.807) is 35.6 Å². The zero-order chi connectivity index (χ0) is 26.2. The molecule has 0 bridgehead atoms. The van der Waals surface area contributed by atoms with E-state index in [1.165, 1.54) is 6.20 Å². The molecule has 4 aromatic rings. The van der Waals surface area contributed by atoms with Crippen molar-refractivity contribution in [2.45, 2.75) is 44.3 Å². The highest BCUT2D eigenvalue weighted by Crippen LogP contribution is 2.46. The van der Waals surface area contributed by atoms with Crippen LogP contribution in [-0.2, 0) is 11.3 Å². The molecule has 196 valence electrons. The van der Waals surface area contributed by atoms with E-state index >= 15 is 0 Å². The van der Waals surface area contributed by atoms with Gasteiger partial charge in [0.2, 0.25) is 0 Å². The van der Waals surface area contributed by atoms with Gasteiger partial charge in [-0.25, -0.2) is 9.78 Å². The molecule has 1 aromatic carbocycles. The summed E-state index contributed by atoms with van der Waals surface area (Å²) in [6.45, 7) is 2.05. The van der Waals surface area contributed by atoms with Gasteiger partial charge < -0.3 is 19.3 Å². The van der Waals surface area contributed by atoms with E-state index in [-0.39, 0.29) is 11.7 Å². The Bertz CT molecular complexity index is 1440. The summed E-state index contributed by atoms with van der Waals surface area (Å²) in [7, 11) is 0. The van der Waals surface area contributed by atoms with Gasteiger partial charge >= 0.3 is 5.97 Å². The summed E-state index contributed by atoms with van der Waals surface area (Å²) >= 11 is 14.5. The first-order valence-electron chi connectivity index (χ1n) is 12.4. The predicted molar refractivity (Wildman–Crippen MR) is 146 cm³/mol. The largest absolute Gasteiger partial charge is 0.478 e. The summed E-state index contributed by atoms with van der Waals surface area (Å²) in [6.07, 6.45) is 5.37. The number of hydrogen-bond donors (Lipinski definition) is 1. The average molecular weight is 571 g/mol. The number of carboxylic acid groups (broad SMARTS) is 1. The lowest BCUT2D eigenvalue weighted by molar-refractivity contribution is 0.0246. The number of anilines is 1. The number of halogens is 2. The fraction of sp³-hybridized carbons (Fsp3) is 0.333. The van der Waals surface area contributed by atoms with Gasteiger partial charge in [0.05, 0.1) is 34.0 Å². The van der Waals surface area contributed by atoms with Crippen molar-refractivity contribution in [3.05, 3.63) is 68.8 Å². The minimum absolute atomic E-state index is 0.104. The number of carboxylic acids is 1. The van der Waals surface area contributed by atoms with Crippen LogP contribution in [0.2, 0.25) is 10.0 Å². The Balaban J connectivity index is 1.10. The van der Waals surface area contributed by atoms with Gasteiger partial charge in [-0.3, -0.25) is 4.98 Å². The van der Waals surface area contributed by atoms with Crippen LogP contribution in [0.3, 0.4) is 0 Å². The maximum atomic E-state index is 11.1. The number of aromatic nitrogens is 3. The summed E-state index contributed by atoms with van der Waals surface area (Å²) in [5, 5.41) is 17.4. The van der Waals surface area contributed by atoms with Crippen molar-refractivity contribution in [1.82, 2.24) is 15.1 Å². The summed E-state index contributed by atoms with van der Waals surface area (Å²) < 4.78 is 12.1. The highest BCUT2D eigenvalue weighted by Gasteiger charge is 2.34. The SMILES string of the molecule is O=C(O)c1ccc(-c2csc(N3CCC(OCc4c(-c5c(Cl)cccc5Cl)noc4C4CC4)CC3)n2)nc1. The van der Waals surface area contributed by atoms with Crippen LogP contribution in [0.1, 0.15) is 53.3 Å². The van der Waals surface area contributed by atoms with E-state index in [4.69, 9.17) is 42.6 Å². The maximum absolute atomic E-state index is 11.1. The molecular weight excluding hydrogens is 547 g/mol. The second kappa shape index (κ2) is 10.6. The van der Waals surface area contributed by atoms with Gasteiger partial charge in [-0.1, -0.05) is 34.4 Å². The van der Waals surface area contributed by atoms with Crippen molar-refractivity contribution in [3.8, 4) is 22.6 Å². The topological polar surface area (TPSA) is 102 Å². The molecule has 2 fully saturated rings. The van der Waals surface area contributed by atoms with Crippen molar-refractivity contribution in [1.29, 1.82) is 0 Å². The predicted octanol–water partition coefficient (Wildman–Crippen LogP) is 6.93. The van der Waals surface area contributed by atoms with E-state index < -0.39 is 5.97 Å². The third-order valence-electron chi connectivity index (χ3n) is 6.91. The zero-order valence-corrected chi connectivity index (χ0v) is 22.6. The van der Waals surface area contributed by atoms with Gasteiger partial charge in [0.1, 0.15) is 17.1 Å². The summed E-state index contributed by atoms with van der Waals surface area (Å²) in [5.41, 5.74) is 3.85. The standard InChI is InChI=1S/C27H24Cl2N4O4S/c28-19-2-1-3-20(29)23(19)24-18(25(37-32-24)15-4-5-15)13-36-17-8-10-33(11-9-17)27-31-22(14-38-27)21-7-6-16(12-30-21)26(34)35/h1-3,6-7,12,14-15,17H,4-5,8-11,13H2,(H,34,35). The Morgan fingerprint density at radius 3 is 2.53 bits per heavy atom. The van der Waals surface area contributed by atoms with Crippen molar-refractivity contribution >= 4 is 45.6 Å². The molecule has 1 saturated heterocycles. The second-order valence-electron chi connectivity index (χ2n) is 9.49. The molecule has 1 saturated carbocycles. The van der Waals surface area contributed by atoms with E-state index in [1.807, 2.05) is 11.4 Å². The van der Waals surface area contributed by atoms with E-state index in [9.17, 15) is 4.79 Å². The molecule has 8 nitrogen and oxygen atoms in total. The van der Waals surface area contributed by atoms with Crippen LogP contribution in [-0.4, -0.2) is 45.4 Å². The third kappa shape index (κ3) is 5.16. The van der Waals surface area contributed by atoms with Crippen LogP contribution in [0, 0.1) is 0 Å². The molecule has 1 aliphatic carbocycles. The molecule has 4 heterocycles. The molecule has 38 heavy (non-hydrogen) atoms. The summed E-state index contributed by atoms with van der Waals surface area (Å²) in [4.78, 5) is 22.3. The molecule has 0 amide bonds. The van der Waals surface area contributed by atoms with Crippen molar-refractivity contribution in [2.75, 3.05) is 18.0 Å². The maximum Gasteiger partial charge on any atom is 0.337 e. The molecule has 1 aliphatic heterocycles. The Morgan fingerprint density at radius 2 is 1.87 bits per heavy atom. The van der Waals surface area contributed by atoms with Crippen LogP contribution in [0.5, 0.6) is 0 Å². The molecule has 1 N–H and O–H groups in total. The van der Waals surface area contributed by atoms with Crippen LogP contribution in [0.4, 0.5) is 5.13 Å². The number of hydrogen-bond acceptors (Lipinski definition) is 8. The molecule has 0 spiro atoms. The number of nitrogens with zero attached hydrogens (tertiary/aromatic N) is 4. The smallest absolute Gasteiger partial charge is 0.337 e. The summed E-state index contributed by atoms with van der Waals surface area (Å²) in [5.74, 6) is 0.269. The Hall–Kier alpha value is -2.98. The van der Waals surface area contributed by atoms with Crippen LogP contribution < -0.4 is 4.90 Å². The lowest BCUT2D eigenvalue weighted by Gasteiger charge is -2.31. The van der Waals surface area contributed by atoms with Crippen LogP contribution in [0.15, 0.2) is 46.4 Å². The molecular formula is C27H24Cl2N4O4S. The number of pyridine rings is 1. The van der Waals surface area contributed by atoms with Crippen LogP contribution >= 0.6 is 34.5 Å². The number of ether oxygens (including phenoxy) is 1. The first-order chi connectivity index (χ1) is 18.5. The molecule has 3 aromatic heterocycles. The van der Waals surface area contributed by atoms with E-state index in [2.05, 4.69) is 15.0 Å². The first-order valence-corrected chi connectivity index (χ1v) is 14.1. The minimum Gasteiger partial charge on any atom is -0.478 e. The van der Waals surface area contributed by atoms with Gasteiger partial charge in [-0.2, -0.15) is 0 Å². The summed E-state index contributed by atoms with van der Waals surface area (Å²) in [6, 6.07) is 8.66. The van der Waals surface area contributed by atoms with Gasteiger partial charge in [0.25, 0.3) is 0 Å². The molecule has 2 aliphatic rings. The van der Waals surface area contributed by atoms with Crippen molar-refractivity contribution in [2.24, 2.45) is 0 Å². The van der Waals surface area contributed by atoms with E-state index in [0.717, 1.165) is 60.9 Å². The fourth-order valence-corrected chi connectivity index (χ4v) is 6.11. The molecule has 11 heteroatoms. The first kappa shape index (κ1) is 25.3. The average Bonchev–Trinajstić information content (AvgIpc) is 3.49. The monoisotopic (exact) mass is 570 g/mol. The quantitative estimate of drug-likeness (QED) is 0.243. The number of thiazole rings is 1. The lowest BCUT2D eigenvalue weighted by Crippen LogP contribution is -2.37. The molecule has 0 atom stereocenters. The zero-order valence-electron chi connectivity index (χ0n) is 20.3. The Morgan fingerprint density at radius 1 is 1.11 bits per heavy atom. The molecule has 0 radical (unpaired) electrons. The van der Waals surface area contributed by atoms with Gasteiger partial charge in [0.15, 0.2) is 5.13 Å². The lowest BCUT2D eigenvalue weighted by atomic mass is 10.0. The second-order valence-corrected chi connectivity index (χ2v) is 11.1. The third-order valence-corrected chi connectivity index (χ3v) is 8.44. The van der Waals surface area contributed by atoms with E-state index in [0.29, 0.717) is 39.5 Å². The Kier molecular flexibility index (Phi) is 7.09. The Labute approximate surface area is 233 Å². The highest BCUT2D eigenvalue weighted by molar-refractivity contribution is 7.14. The number of piperidine rings is 1. The minimum atomic E-state index is -0.996. The van der Waals surface area contributed by atoms with Crippen LogP contribution in [0.25, 0.3) is 22.6 Å². The van der Waals surface area contributed by atoms with Gasteiger partial charge in [-0.15, -0.1) is 11.3 Å². The normalized spacial score (nSPS) is 16.2. The number of rotatable bonds is 8. The number of carbonyl (C=O) groups is 1. The molecule has 0 unspecified atom stereocenters.